The summed E-state index contributed by atoms with van der Waals surface area (Å²) in [6, 6.07) is 0. The molecular weight excluding hydrogens is 346 g/mol. The van der Waals surface area contributed by atoms with E-state index in [1.165, 1.54) is 49.9 Å². The van der Waals surface area contributed by atoms with E-state index in [4.69, 9.17) is 4.74 Å². The van der Waals surface area contributed by atoms with Gasteiger partial charge in [-0.3, -0.25) is 5.32 Å². The van der Waals surface area contributed by atoms with Gasteiger partial charge in [0.1, 0.15) is 10.6 Å². The van der Waals surface area contributed by atoms with Crippen LogP contribution in [0.25, 0.3) is 0 Å². The second-order valence-electron chi connectivity index (χ2n) is 8.22. The Kier molecular flexibility index (Phi) is 9.99. The fourth-order valence-corrected chi connectivity index (χ4v) is 3.42. The number of ether oxygens (including phenoxy) is 1. The summed E-state index contributed by atoms with van der Waals surface area (Å²) in [4.78, 5) is 18.3. The minimum Gasteiger partial charge on any atom is -0.444 e. The average Bonchev–Trinajstić information content (AvgIpc) is 3.01. The largest absolute Gasteiger partial charge is 0.444 e. The lowest BCUT2D eigenvalue weighted by Gasteiger charge is -2.25. The summed E-state index contributed by atoms with van der Waals surface area (Å²) in [6.07, 6.45) is 9.14. The van der Waals surface area contributed by atoms with Crippen LogP contribution in [0.1, 0.15) is 80.1 Å². The van der Waals surface area contributed by atoms with Gasteiger partial charge in [-0.1, -0.05) is 51.4 Å². The lowest BCUT2D eigenvalue weighted by molar-refractivity contribution is 0.0636. The molecule has 0 saturated carbocycles. The van der Waals surface area contributed by atoms with Crippen molar-refractivity contribution in [3.63, 3.8) is 0 Å². The Balaban J connectivity index is 0.000000412. The molecule has 1 N–H and O–H groups in total. The van der Waals surface area contributed by atoms with Gasteiger partial charge in [0.15, 0.2) is 5.13 Å². The second-order valence-corrected chi connectivity index (χ2v) is 9.23. The van der Waals surface area contributed by atoms with Crippen LogP contribution in [-0.4, -0.2) is 29.8 Å². The summed E-state index contributed by atoms with van der Waals surface area (Å²) < 4.78 is 5.21. The fraction of sp³-hybridized carbons (Fsp3) is 0.800. The number of rotatable bonds is 5. The first-order valence-corrected chi connectivity index (χ1v) is 10.7. The molecule has 0 spiro atoms. The minimum absolute atomic E-state index is 0.429. The number of anilines is 2. The van der Waals surface area contributed by atoms with E-state index >= 15 is 0 Å². The van der Waals surface area contributed by atoms with Gasteiger partial charge in [0.05, 0.1) is 6.20 Å². The topological polar surface area (TPSA) is 54.5 Å². The van der Waals surface area contributed by atoms with Crippen molar-refractivity contribution in [2.75, 3.05) is 23.3 Å². The van der Waals surface area contributed by atoms with E-state index in [-0.39, 0.29) is 0 Å². The number of nitrogens with one attached hydrogen (secondary N) is 1. The normalized spacial score (nSPS) is 14.7. The highest BCUT2D eigenvalue weighted by molar-refractivity contribution is 7.19. The highest BCUT2D eigenvalue weighted by Gasteiger charge is 2.18. The van der Waals surface area contributed by atoms with Crippen LogP contribution >= 0.6 is 11.3 Å². The van der Waals surface area contributed by atoms with Crippen LogP contribution in [0.3, 0.4) is 0 Å². The molecule has 26 heavy (non-hydrogen) atoms. The Bertz CT molecular complexity index is 517. The van der Waals surface area contributed by atoms with Gasteiger partial charge in [-0.05, 0) is 46.0 Å². The maximum Gasteiger partial charge on any atom is 0.412 e. The molecule has 5 nitrogen and oxygen atoms in total. The van der Waals surface area contributed by atoms with Crippen molar-refractivity contribution in [1.82, 2.24) is 4.98 Å². The van der Waals surface area contributed by atoms with Gasteiger partial charge in [0.2, 0.25) is 0 Å². The molecule has 0 bridgehead atoms. The number of amides is 1. The molecule has 150 valence electrons. The standard InChI is InChI=1S/C13H21N3O2S.C7H16/c1-13(2,3)18-12(17)15-10-9-14-11(19-10)16-7-5-4-6-8-16;1-4-5-6-7(2)3/h9H,4-8H2,1-3H3,(H,15,17);7H,4-6H2,1-3H3. The van der Waals surface area contributed by atoms with Gasteiger partial charge in [-0.25, -0.2) is 9.78 Å². The Hall–Kier alpha value is -1.30. The number of unbranched alkanes of at least 4 members (excludes halogenated alkanes) is 1. The molecule has 0 unspecified atom stereocenters. The maximum absolute atomic E-state index is 11.6. The van der Waals surface area contributed by atoms with Gasteiger partial charge in [-0.15, -0.1) is 0 Å². The first-order valence-electron chi connectivity index (χ1n) is 9.92. The molecule has 1 fully saturated rings. The van der Waals surface area contributed by atoms with Gasteiger partial charge in [0, 0.05) is 13.1 Å². The zero-order valence-corrected chi connectivity index (χ0v) is 18.2. The predicted molar refractivity (Wildman–Crippen MR) is 112 cm³/mol. The maximum atomic E-state index is 11.6. The van der Waals surface area contributed by atoms with Crippen molar-refractivity contribution >= 4 is 27.6 Å². The quantitative estimate of drug-likeness (QED) is 0.647. The molecular formula is C20H37N3O2S. The van der Waals surface area contributed by atoms with Crippen molar-refractivity contribution in [2.24, 2.45) is 5.92 Å². The number of nitrogens with zero attached hydrogens (tertiary/aromatic N) is 2. The van der Waals surface area contributed by atoms with E-state index in [1.54, 1.807) is 6.20 Å². The molecule has 0 atom stereocenters. The smallest absolute Gasteiger partial charge is 0.412 e. The Morgan fingerprint density at radius 1 is 1.31 bits per heavy atom. The van der Waals surface area contributed by atoms with Crippen LogP contribution in [0.15, 0.2) is 6.20 Å². The third-order valence-electron chi connectivity index (χ3n) is 3.88. The van der Waals surface area contributed by atoms with Crippen LogP contribution in [0.5, 0.6) is 0 Å². The van der Waals surface area contributed by atoms with Crippen molar-refractivity contribution < 1.29 is 9.53 Å². The summed E-state index contributed by atoms with van der Waals surface area (Å²) >= 11 is 1.50. The number of hydrogen-bond acceptors (Lipinski definition) is 5. The first kappa shape index (κ1) is 22.7. The molecule has 1 aliphatic heterocycles. The van der Waals surface area contributed by atoms with E-state index < -0.39 is 11.7 Å². The summed E-state index contributed by atoms with van der Waals surface area (Å²) in [7, 11) is 0. The second kappa shape index (κ2) is 11.4. The van der Waals surface area contributed by atoms with Gasteiger partial charge < -0.3 is 9.64 Å². The van der Waals surface area contributed by atoms with E-state index in [2.05, 4.69) is 36.0 Å². The molecule has 1 aromatic rings. The van der Waals surface area contributed by atoms with Crippen molar-refractivity contribution in [2.45, 2.75) is 85.7 Å². The monoisotopic (exact) mass is 383 g/mol. The zero-order valence-electron chi connectivity index (χ0n) is 17.4. The van der Waals surface area contributed by atoms with E-state index in [0.717, 1.165) is 29.1 Å². The Labute approximate surface area is 163 Å². The van der Waals surface area contributed by atoms with Gasteiger partial charge in [0.25, 0.3) is 0 Å². The molecule has 1 aromatic heterocycles. The highest BCUT2D eigenvalue weighted by atomic mass is 32.1. The third-order valence-corrected chi connectivity index (χ3v) is 4.85. The van der Waals surface area contributed by atoms with Crippen LogP contribution in [0.2, 0.25) is 0 Å². The minimum atomic E-state index is -0.482. The molecule has 0 aromatic carbocycles. The summed E-state index contributed by atoms with van der Waals surface area (Å²) in [5.41, 5.74) is -0.482. The SMILES string of the molecule is CC(C)(C)OC(=O)Nc1cnc(N2CCCCC2)s1.CCCCC(C)C. The van der Waals surface area contributed by atoms with Gasteiger partial charge in [-0.2, -0.15) is 0 Å². The zero-order chi connectivity index (χ0) is 19.6. The molecule has 0 radical (unpaired) electrons. The van der Waals surface area contributed by atoms with E-state index in [0.29, 0.717) is 0 Å². The molecule has 1 aliphatic rings. The lowest BCUT2D eigenvalue weighted by Crippen LogP contribution is -2.29. The number of aromatic nitrogens is 1. The molecule has 2 heterocycles. The average molecular weight is 384 g/mol. The fourth-order valence-electron chi connectivity index (χ4n) is 2.57. The van der Waals surface area contributed by atoms with Crippen molar-refractivity contribution in [3.05, 3.63) is 6.20 Å². The number of carbonyl (C=O) groups excluding carboxylic acids is 1. The molecule has 6 heteroatoms. The van der Waals surface area contributed by atoms with E-state index in [1.807, 2.05) is 20.8 Å². The molecule has 0 aliphatic carbocycles. The Morgan fingerprint density at radius 3 is 2.46 bits per heavy atom. The molecule has 1 saturated heterocycles. The number of thiazole rings is 1. The van der Waals surface area contributed by atoms with Crippen LogP contribution in [-0.2, 0) is 4.74 Å². The summed E-state index contributed by atoms with van der Waals surface area (Å²) in [6.45, 7) is 14.4. The van der Waals surface area contributed by atoms with Crippen LogP contribution in [0.4, 0.5) is 14.9 Å². The van der Waals surface area contributed by atoms with Crippen LogP contribution < -0.4 is 10.2 Å². The van der Waals surface area contributed by atoms with Crippen molar-refractivity contribution in [3.8, 4) is 0 Å². The third kappa shape index (κ3) is 10.00. The number of piperidine rings is 1. The summed E-state index contributed by atoms with van der Waals surface area (Å²) in [5.74, 6) is 0.903. The highest BCUT2D eigenvalue weighted by Crippen LogP contribution is 2.29. The molecule has 2 rings (SSSR count). The van der Waals surface area contributed by atoms with Crippen LogP contribution in [0, 0.1) is 5.92 Å². The molecule has 1 amide bonds. The predicted octanol–water partition coefficient (Wildman–Crippen LogP) is 6.31. The Morgan fingerprint density at radius 2 is 1.96 bits per heavy atom. The van der Waals surface area contributed by atoms with Gasteiger partial charge >= 0.3 is 6.09 Å². The van der Waals surface area contributed by atoms with Crippen molar-refractivity contribution in [1.29, 1.82) is 0 Å². The first-order chi connectivity index (χ1) is 12.2. The number of carbonyl (C=O) groups is 1. The summed E-state index contributed by atoms with van der Waals surface area (Å²) in [5, 5.41) is 4.44. The number of hydrogen-bond donors (Lipinski definition) is 1. The lowest BCUT2D eigenvalue weighted by atomic mass is 10.1. The van der Waals surface area contributed by atoms with E-state index in [9.17, 15) is 4.79 Å².